The Balaban J connectivity index is 1.60. The predicted molar refractivity (Wildman–Crippen MR) is 131 cm³/mol. The van der Waals surface area contributed by atoms with Crippen LogP contribution in [0.2, 0.25) is 0 Å². The Morgan fingerprint density at radius 3 is 2.46 bits per heavy atom. The zero-order valence-corrected chi connectivity index (χ0v) is 20.1. The van der Waals surface area contributed by atoms with Crippen molar-refractivity contribution >= 4 is 16.9 Å². The van der Waals surface area contributed by atoms with Crippen LogP contribution in [-0.4, -0.2) is 68.3 Å². The Kier molecular flexibility index (Phi) is 6.74. The summed E-state index contributed by atoms with van der Waals surface area (Å²) in [6, 6.07) is 12.1. The van der Waals surface area contributed by atoms with Gasteiger partial charge < -0.3 is 23.5 Å². The molecule has 0 N–H and O–H groups in total. The summed E-state index contributed by atoms with van der Waals surface area (Å²) in [6.07, 6.45) is 0. The van der Waals surface area contributed by atoms with Crippen LogP contribution in [0.5, 0.6) is 11.5 Å². The first-order valence-electron chi connectivity index (χ1n) is 12.2. The molecule has 0 aliphatic carbocycles. The Bertz CT molecular complexity index is 1280. The molecular weight excluding hydrogens is 448 g/mol. The second kappa shape index (κ2) is 10.1. The third-order valence-electron chi connectivity index (χ3n) is 6.52. The number of rotatable bonds is 8. The number of ether oxygens (including phenoxy) is 3. The summed E-state index contributed by atoms with van der Waals surface area (Å²) in [5.74, 6) is 1.07. The maximum atomic E-state index is 13.7. The van der Waals surface area contributed by atoms with Gasteiger partial charge in [0.2, 0.25) is 5.76 Å². The van der Waals surface area contributed by atoms with Crippen molar-refractivity contribution < 1.29 is 23.4 Å². The lowest BCUT2D eigenvalue weighted by molar-refractivity contribution is 0.0314. The van der Waals surface area contributed by atoms with Crippen molar-refractivity contribution in [1.29, 1.82) is 0 Å². The van der Waals surface area contributed by atoms with E-state index in [0.717, 1.165) is 18.7 Å². The molecule has 5 rings (SSSR count). The van der Waals surface area contributed by atoms with Crippen LogP contribution in [0.3, 0.4) is 0 Å². The van der Waals surface area contributed by atoms with Gasteiger partial charge in [-0.15, -0.1) is 0 Å². The highest BCUT2D eigenvalue weighted by Gasteiger charge is 2.43. The zero-order valence-electron chi connectivity index (χ0n) is 20.1. The van der Waals surface area contributed by atoms with Crippen LogP contribution < -0.4 is 14.9 Å². The summed E-state index contributed by atoms with van der Waals surface area (Å²) >= 11 is 0. The van der Waals surface area contributed by atoms with Crippen molar-refractivity contribution in [2.75, 3.05) is 52.6 Å². The summed E-state index contributed by atoms with van der Waals surface area (Å²) in [6.45, 7) is 8.94. The Hall–Kier alpha value is -3.36. The van der Waals surface area contributed by atoms with Crippen molar-refractivity contribution in [3.8, 4) is 11.5 Å². The number of carbonyl (C=O) groups is 1. The molecule has 0 spiro atoms. The van der Waals surface area contributed by atoms with Gasteiger partial charge in [0, 0.05) is 26.2 Å². The van der Waals surface area contributed by atoms with Crippen molar-refractivity contribution in [3.05, 3.63) is 69.6 Å². The SMILES string of the molecule is CCOc1ccc(C2c3c(oc4ccccc4c3=O)C(=O)N2CCN2CCOCC2)cc1OCC. The molecule has 0 radical (unpaired) electrons. The van der Waals surface area contributed by atoms with Gasteiger partial charge in [0.05, 0.1) is 43.4 Å². The summed E-state index contributed by atoms with van der Waals surface area (Å²) in [4.78, 5) is 31.3. The van der Waals surface area contributed by atoms with Crippen LogP contribution in [0, 0.1) is 0 Å². The molecule has 1 aromatic heterocycles. The molecule has 3 heterocycles. The van der Waals surface area contributed by atoms with E-state index in [1.807, 2.05) is 32.0 Å². The van der Waals surface area contributed by atoms with E-state index in [0.29, 0.717) is 67.5 Å². The number of hydrogen-bond donors (Lipinski definition) is 0. The van der Waals surface area contributed by atoms with Crippen LogP contribution in [0.25, 0.3) is 11.0 Å². The van der Waals surface area contributed by atoms with Crippen molar-refractivity contribution in [3.63, 3.8) is 0 Å². The monoisotopic (exact) mass is 478 g/mol. The van der Waals surface area contributed by atoms with E-state index in [2.05, 4.69) is 4.90 Å². The molecule has 0 saturated carbocycles. The largest absolute Gasteiger partial charge is 0.490 e. The Morgan fingerprint density at radius 2 is 1.69 bits per heavy atom. The quantitative estimate of drug-likeness (QED) is 0.490. The van der Waals surface area contributed by atoms with Gasteiger partial charge in [-0.1, -0.05) is 18.2 Å². The van der Waals surface area contributed by atoms with Crippen LogP contribution in [0.15, 0.2) is 51.7 Å². The first-order valence-corrected chi connectivity index (χ1v) is 12.2. The third-order valence-corrected chi connectivity index (χ3v) is 6.52. The van der Waals surface area contributed by atoms with Crippen LogP contribution in [0.4, 0.5) is 0 Å². The van der Waals surface area contributed by atoms with E-state index in [1.165, 1.54) is 0 Å². The van der Waals surface area contributed by atoms with Crippen LogP contribution in [-0.2, 0) is 4.74 Å². The second-order valence-electron chi connectivity index (χ2n) is 8.60. The second-order valence-corrected chi connectivity index (χ2v) is 8.60. The number of fused-ring (bicyclic) bond motifs is 2. The van der Waals surface area contributed by atoms with E-state index in [4.69, 9.17) is 18.6 Å². The third kappa shape index (κ3) is 4.39. The smallest absolute Gasteiger partial charge is 0.290 e. The average Bonchev–Trinajstić information content (AvgIpc) is 3.16. The number of para-hydroxylation sites is 1. The van der Waals surface area contributed by atoms with Crippen molar-refractivity contribution in [2.45, 2.75) is 19.9 Å². The molecule has 1 saturated heterocycles. The summed E-state index contributed by atoms with van der Waals surface area (Å²) < 4.78 is 23.1. The molecule has 0 bridgehead atoms. The minimum absolute atomic E-state index is 0.118. The fraction of sp³-hybridized carbons (Fsp3) is 0.407. The molecule has 184 valence electrons. The van der Waals surface area contributed by atoms with Gasteiger partial charge in [-0.25, -0.2) is 0 Å². The predicted octanol–water partition coefficient (Wildman–Crippen LogP) is 3.47. The van der Waals surface area contributed by atoms with E-state index < -0.39 is 6.04 Å². The fourth-order valence-corrected chi connectivity index (χ4v) is 4.86. The molecule has 1 unspecified atom stereocenters. The number of amides is 1. The van der Waals surface area contributed by atoms with E-state index in [9.17, 15) is 9.59 Å². The topological polar surface area (TPSA) is 81.5 Å². The van der Waals surface area contributed by atoms with Crippen molar-refractivity contribution in [2.24, 2.45) is 0 Å². The standard InChI is InChI=1S/C27H30N2O6/c1-3-33-21-10-9-18(17-22(21)34-4-2)24-23-25(30)19-7-5-6-8-20(19)35-26(23)27(31)29(24)12-11-28-13-15-32-16-14-28/h5-10,17,24H,3-4,11-16H2,1-2H3. The van der Waals surface area contributed by atoms with Gasteiger partial charge >= 0.3 is 0 Å². The van der Waals surface area contributed by atoms with Crippen LogP contribution in [0.1, 0.15) is 41.6 Å². The highest BCUT2D eigenvalue weighted by molar-refractivity contribution is 5.99. The number of carbonyl (C=O) groups excluding carboxylic acids is 1. The molecule has 8 nitrogen and oxygen atoms in total. The first-order chi connectivity index (χ1) is 17.1. The first kappa shape index (κ1) is 23.4. The van der Waals surface area contributed by atoms with Crippen LogP contribution >= 0.6 is 0 Å². The molecule has 1 fully saturated rings. The molecule has 2 aliphatic heterocycles. The number of benzene rings is 2. The molecule has 2 aromatic carbocycles. The zero-order chi connectivity index (χ0) is 24.4. The summed E-state index contributed by atoms with van der Waals surface area (Å²) in [5, 5.41) is 0.468. The molecule has 35 heavy (non-hydrogen) atoms. The van der Waals surface area contributed by atoms with E-state index in [-0.39, 0.29) is 17.1 Å². The molecule has 2 aliphatic rings. The van der Waals surface area contributed by atoms with Crippen molar-refractivity contribution in [1.82, 2.24) is 9.80 Å². The maximum Gasteiger partial charge on any atom is 0.290 e. The van der Waals surface area contributed by atoms with Gasteiger partial charge in [-0.3, -0.25) is 14.5 Å². The fourth-order valence-electron chi connectivity index (χ4n) is 4.86. The highest BCUT2D eigenvalue weighted by atomic mass is 16.5. The lowest BCUT2D eigenvalue weighted by Gasteiger charge is -2.31. The lowest BCUT2D eigenvalue weighted by atomic mass is 9.98. The minimum atomic E-state index is -0.575. The normalized spacial score (nSPS) is 18.2. The number of morpholine rings is 1. The van der Waals surface area contributed by atoms with Gasteiger partial charge in [0.25, 0.3) is 5.91 Å². The maximum absolute atomic E-state index is 13.7. The van der Waals surface area contributed by atoms with Gasteiger partial charge in [0.15, 0.2) is 16.9 Å². The van der Waals surface area contributed by atoms with Gasteiger partial charge in [-0.2, -0.15) is 0 Å². The average molecular weight is 479 g/mol. The number of nitrogens with zero attached hydrogens (tertiary/aromatic N) is 2. The van der Waals surface area contributed by atoms with E-state index in [1.54, 1.807) is 29.2 Å². The minimum Gasteiger partial charge on any atom is -0.490 e. The lowest BCUT2D eigenvalue weighted by Crippen LogP contribution is -2.42. The molecular formula is C27H30N2O6. The Morgan fingerprint density at radius 1 is 0.943 bits per heavy atom. The van der Waals surface area contributed by atoms with Gasteiger partial charge in [-0.05, 0) is 43.7 Å². The summed E-state index contributed by atoms with van der Waals surface area (Å²) in [5.41, 5.74) is 1.40. The molecule has 8 heteroatoms. The molecule has 1 amide bonds. The molecule has 1 atom stereocenters. The molecule has 3 aromatic rings. The summed E-state index contributed by atoms with van der Waals surface area (Å²) in [7, 11) is 0. The highest BCUT2D eigenvalue weighted by Crippen LogP contribution is 2.41. The Labute approximate surface area is 204 Å². The van der Waals surface area contributed by atoms with E-state index >= 15 is 0 Å². The van der Waals surface area contributed by atoms with Gasteiger partial charge in [0.1, 0.15) is 5.58 Å². The number of hydrogen-bond acceptors (Lipinski definition) is 7.